The Kier molecular flexibility index (Phi) is 6.62. The van der Waals surface area contributed by atoms with Crippen molar-refractivity contribution < 1.29 is 14.4 Å². The summed E-state index contributed by atoms with van der Waals surface area (Å²) in [5, 5.41) is 18.0. The van der Waals surface area contributed by atoms with Gasteiger partial charge in [-0.25, -0.2) is 4.39 Å². The first-order valence-electron chi connectivity index (χ1n) is 5.86. The summed E-state index contributed by atoms with van der Waals surface area (Å²) < 4.78 is 13.2. The second-order valence-electron chi connectivity index (χ2n) is 4.03. The lowest BCUT2D eigenvalue weighted by molar-refractivity contribution is 0.425. The summed E-state index contributed by atoms with van der Waals surface area (Å²) in [7, 11) is -1.60. The molecule has 0 aromatic heterocycles. The van der Waals surface area contributed by atoms with E-state index >= 15 is 0 Å². The standard InChI is InChI=1S/C12H18BFO2S/c1-2-3-4-5-17-9-10-6-11(13(15)16)8-12(14)7-10/h6-8,15-16H,2-5,9H2,1H3. The van der Waals surface area contributed by atoms with Gasteiger partial charge in [0.1, 0.15) is 5.82 Å². The van der Waals surface area contributed by atoms with E-state index in [-0.39, 0.29) is 5.46 Å². The lowest BCUT2D eigenvalue weighted by atomic mass is 9.79. The Morgan fingerprint density at radius 1 is 1.24 bits per heavy atom. The van der Waals surface area contributed by atoms with Crippen molar-refractivity contribution in [3.8, 4) is 0 Å². The Balaban J connectivity index is 2.47. The van der Waals surface area contributed by atoms with Crippen LogP contribution in [-0.2, 0) is 5.75 Å². The predicted octanol–water partition coefficient (Wildman–Crippen LogP) is 1.93. The van der Waals surface area contributed by atoms with Crippen molar-refractivity contribution in [2.24, 2.45) is 0 Å². The molecule has 5 heteroatoms. The Bertz CT molecular complexity index is 347. The largest absolute Gasteiger partial charge is 0.488 e. The fourth-order valence-electron chi connectivity index (χ4n) is 1.55. The third-order valence-corrected chi connectivity index (χ3v) is 3.55. The molecule has 0 amide bonds. The van der Waals surface area contributed by atoms with Gasteiger partial charge >= 0.3 is 7.12 Å². The molecule has 2 nitrogen and oxygen atoms in total. The number of hydrogen-bond donors (Lipinski definition) is 2. The minimum atomic E-state index is -1.60. The van der Waals surface area contributed by atoms with E-state index in [9.17, 15) is 4.39 Å². The summed E-state index contributed by atoms with van der Waals surface area (Å²) in [6.07, 6.45) is 3.59. The van der Waals surface area contributed by atoms with Gasteiger partial charge in [0.15, 0.2) is 0 Å². The third-order valence-electron chi connectivity index (χ3n) is 2.44. The molecule has 0 bridgehead atoms. The molecule has 0 aliphatic carbocycles. The highest BCUT2D eigenvalue weighted by molar-refractivity contribution is 7.98. The normalized spacial score (nSPS) is 10.6. The summed E-state index contributed by atoms with van der Waals surface area (Å²) in [5.74, 6) is 1.35. The van der Waals surface area contributed by atoms with E-state index in [1.54, 1.807) is 17.8 Å². The summed E-state index contributed by atoms with van der Waals surface area (Å²) in [6, 6.07) is 4.23. The van der Waals surface area contributed by atoms with E-state index < -0.39 is 12.9 Å². The third kappa shape index (κ3) is 5.57. The molecule has 1 rings (SSSR count). The Morgan fingerprint density at radius 3 is 2.65 bits per heavy atom. The highest BCUT2D eigenvalue weighted by Crippen LogP contribution is 2.14. The van der Waals surface area contributed by atoms with Gasteiger partial charge in [-0.15, -0.1) is 0 Å². The first kappa shape index (κ1) is 14.5. The van der Waals surface area contributed by atoms with E-state index in [1.807, 2.05) is 0 Å². The van der Waals surface area contributed by atoms with Crippen LogP contribution in [0, 0.1) is 5.82 Å². The van der Waals surface area contributed by atoms with Crippen molar-refractivity contribution in [2.45, 2.75) is 31.9 Å². The van der Waals surface area contributed by atoms with Crippen LogP contribution < -0.4 is 5.46 Å². The maximum Gasteiger partial charge on any atom is 0.488 e. The van der Waals surface area contributed by atoms with E-state index in [4.69, 9.17) is 10.0 Å². The van der Waals surface area contributed by atoms with Gasteiger partial charge in [0, 0.05) is 5.75 Å². The molecule has 0 aliphatic rings. The lowest BCUT2D eigenvalue weighted by Gasteiger charge is -2.05. The van der Waals surface area contributed by atoms with Gasteiger partial charge < -0.3 is 10.0 Å². The molecule has 1 aromatic rings. The number of halogens is 1. The van der Waals surface area contributed by atoms with Crippen molar-refractivity contribution in [3.63, 3.8) is 0 Å². The van der Waals surface area contributed by atoms with E-state index in [0.717, 1.165) is 17.4 Å². The lowest BCUT2D eigenvalue weighted by Crippen LogP contribution is -2.30. The van der Waals surface area contributed by atoms with Crippen LogP contribution in [0.4, 0.5) is 4.39 Å². The van der Waals surface area contributed by atoms with Gasteiger partial charge in [-0.2, -0.15) is 11.8 Å². The summed E-state index contributed by atoms with van der Waals surface area (Å²) in [6.45, 7) is 2.16. The van der Waals surface area contributed by atoms with Crippen LogP contribution in [0.25, 0.3) is 0 Å². The SMILES string of the molecule is CCCCCSCc1cc(F)cc(B(O)O)c1. The molecule has 94 valence electrons. The van der Waals surface area contributed by atoms with E-state index in [0.29, 0.717) is 5.75 Å². The maximum atomic E-state index is 13.2. The number of hydrogen-bond acceptors (Lipinski definition) is 3. The maximum absolute atomic E-state index is 13.2. The zero-order valence-electron chi connectivity index (χ0n) is 10.0. The molecule has 0 saturated heterocycles. The molecular weight excluding hydrogens is 238 g/mol. The predicted molar refractivity (Wildman–Crippen MR) is 71.9 cm³/mol. The van der Waals surface area contributed by atoms with Crippen LogP contribution in [0.2, 0.25) is 0 Å². The number of thioether (sulfide) groups is 1. The molecule has 0 saturated carbocycles. The molecule has 0 aliphatic heterocycles. The van der Waals surface area contributed by atoms with Crippen LogP contribution in [0.15, 0.2) is 18.2 Å². The van der Waals surface area contributed by atoms with Crippen LogP contribution in [0.5, 0.6) is 0 Å². The summed E-state index contributed by atoms with van der Waals surface area (Å²) >= 11 is 1.75. The van der Waals surface area contributed by atoms with Gasteiger partial charge in [0.05, 0.1) is 0 Å². The molecular formula is C12H18BFO2S. The quantitative estimate of drug-likeness (QED) is 0.578. The van der Waals surface area contributed by atoms with E-state index in [2.05, 4.69) is 6.92 Å². The molecule has 0 radical (unpaired) electrons. The van der Waals surface area contributed by atoms with Crippen molar-refractivity contribution in [2.75, 3.05) is 5.75 Å². The van der Waals surface area contributed by atoms with Gasteiger partial charge in [0.2, 0.25) is 0 Å². The van der Waals surface area contributed by atoms with E-state index in [1.165, 1.54) is 25.3 Å². The van der Waals surface area contributed by atoms with Crippen LogP contribution in [0.3, 0.4) is 0 Å². The monoisotopic (exact) mass is 256 g/mol. The first-order valence-corrected chi connectivity index (χ1v) is 7.02. The number of rotatable bonds is 7. The number of benzene rings is 1. The van der Waals surface area contributed by atoms with Crippen LogP contribution in [-0.4, -0.2) is 22.9 Å². The van der Waals surface area contributed by atoms with Crippen LogP contribution in [0.1, 0.15) is 31.7 Å². The van der Waals surface area contributed by atoms with Gasteiger partial charge in [-0.05, 0) is 35.3 Å². The zero-order chi connectivity index (χ0) is 12.7. The molecule has 1 aromatic carbocycles. The minimum absolute atomic E-state index is 0.217. The second-order valence-corrected chi connectivity index (χ2v) is 5.13. The fourth-order valence-corrected chi connectivity index (χ4v) is 2.51. The Labute approximate surface area is 106 Å². The van der Waals surface area contributed by atoms with Crippen molar-refractivity contribution in [1.29, 1.82) is 0 Å². The van der Waals surface area contributed by atoms with Crippen molar-refractivity contribution >= 4 is 24.3 Å². The summed E-state index contributed by atoms with van der Waals surface area (Å²) in [5.41, 5.74) is 1.02. The first-order chi connectivity index (χ1) is 8.13. The van der Waals surface area contributed by atoms with Gasteiger partial charge in [0.25, 0.3) is 0 Å². The van der Waals surface area contributed by atoms with Crippen molar-refractivity contribution in [1.82, 2.24) is 0 Å². The molecule has 0 spiro atoms. The molecule has 17 heavy (non-hydrogen) atoms. The fraction of sp³-hybridized carbons (Fsp3) is 0.500. The van der Waals surface area contributed by atoms with Crippen LogP contribution >= 0.6 is 11.8 Å². The highest BCUT2D eigenvalue weighted by Gasteiger charge is 2.12. The average molecular weight is 256 g/mol. The molecule has 2 N–H and O–H groups in total. The summed E-state index contributed by atoms with van der Waals surface area (Å²) in [4.78, 5) is 0. The molecule has 0 atom stereocenters. The van der Waals surface area contributed by atoms with Gasteiger partial charge in [-0.1, -0.05) is 25.8 Å². The Morgan fingerprint density at radius 2 is 2.00 bits per heavy atom. The minimum Gasteiger partial charge on any atom is -0.423 e. The Hall–Kier alpha value is -0.515. The topological polar surface area (TPSA) is 40.5 Å². The second kappa shape index (κ2) is 7.74. The van der Waals surface area contributed by atoms with Crippen molar-refractivity contribution in [3.05, 3.63) is 29.6 Å². The van der Waals surface area contributed by atoms with Gasteiger partial charge in [-0.3, -0.25) is 0 Å². The highest BCUT2D eigenvalue weighted by atomic mass is 32.2. The molecule has 0 fully saturated rings. The zero-order valence-corrected chi connectivity index (χ0v) is 10.8. The molecule has 0 unspecified atom stereocenters. The average Bonchev–Trinajstić information content (AvgIpc) is 2.28. The molecule has 0 heterocycles. The number of unbranched alkanes of at least 4 members (excludes halogenated alkanes) is 2. The smallest absolute Gasteiger partial charge is 0.423 e.